The Hall–Kier alpha value is -1.41. The Morgan fingerprint density at radius 1 is 0.648 bits per heavy atom. The Balaban J connectivity index is 0.000000225. The van der Waals surface area contributed by atoms with Crippen LogP contribution in [0.3, 0.4) is 0 Å². The van der Waals surface area contributed by atoms with Gasteiger partial charge >= 0.3 is 43.1 Å². The summed E-state index contributed by atoms with van der Waals surface area (Å²) in [6, 6.07) is 25.8. The quantitative estimate of drug-likeness (QED) is 0.0372. The van der Waals surface area contributed by atoms with E-state index in [1.165, 1.54) is 12.1 Å². The monoisotopic (exact) mass is 1420 g/mol. The summed E-state index contributed by atoms with van der Waals surface area (Å²) in [5.41, 5.74) is 0.914. The van der Waals surface area contributed by atoms with Crippen molar-refractivity contribution in [2.75, 3.05) is 51.4 Å². The Labute approximate surface area is 547 Å². The number of carbonyl (C=O) groups excluding carboxylic acids is 1. The summed E-state index contributed by atoms with van der Waals surface area (Å²) in [6.45, 7) is 10.7. The molecule has 9 rings (SSSR count). The molecule has 0 aromatic heterocycles. The molecule has 6 aliphatic rings. The van der Waals surface area contributed by atoms with Crippen molar-refractivity contribution in [1.29, 1.82) is 0 Å². The number of hydrogen-bond acceptors (Lipinski definition) is 30. The SMILES string of the molecule is CC1(C)OCC(C2OP(=O)(c3ccccc3)C(O)C3OC(C)(C)OC23)O1.CCOP(=O)(CP1(=O)O[C@H](COCc2ccccc2)[C@@H](O)[C@@H]1OC(C)=O)OCC.O=P([O-])(O)CP1(=O)O[C@H](CO)[C@@H](O)C1O.O=P1(c2ccccc2)OC(C(O)CO)C(O)C(O)C1O.[Na+]. The second kappa shape index (κ2) is 33.4. The minimum atomic E-state index is -4.87. The van der Waals surface area contributed by atoms with E-state index in [-0.39, 0.29) is 67.9 Å². The average molecular weight is 1420 g/mol. The number of ether oxygens (including phenoxy) is 6. The first-order valence-corrected chi connectivity index (χ1v) is 38.8. The molecule has 510 valence electrons. The zero-order chi connectivity index (χ0) is 67.0. The van der Waals surface area contributed by atoms with Crippen LogP contribution >= 0.6 is 44.7 Å². The molecular formula is C53H81NaO31P6. The Morgan fingerprint density at radius 3 is 1.64 bits per heavy atom. The van der Waals surface area contributed by atoms with Crippen molar-refractivity contribution in [3.8, 4) is 0 Å². The molecule has 6 heterocycles. The number of aliphatic hydroxyl groups excluding tert-OH is 10. The molecule has 3 aromatic rings. The second-order valence-corrected chi connectivity index (χ2v) is 36.7. The van der Waals surface area contributed by atoms with Gasteiger partial charge in [0.1, 0.15) is 86.7 Å². The van der Waals surface area contributed by atoms with Gasteiger partial charge in [-0.25, -0.2) is 0 Å². The number of fused-ring (bicyclic) bond motifs is 1. The van der Waals surface area contributed by atoms with E-state index in [0.717, 1.165) is 12.5 Å². The third-order valence-electron chi connectivity index (χ3n) is 14.3. The summed E-state index contributed by atoms with van der Waals surface area (Å²) in [5, 5.41) is 97.2. The van der Waals surface area contributed by atoms with Crippen LogP contribution in [-0.4, -0.2) is 222 Å². The fraction of sp³-hybridized carbons (Fsp3) is 0.642. The normalized spacial score (nSPS) is 37.3. The van der Waals surface area contributed by atoms with E-state index in [1.807, 2.05) is 50.2 Å². The maximum Gasteiger partial charge on any atom is 1.00 e. The van der Waals surface area contributed by atoms with Crippen LogP contribution in [0.1, 0.15) is 54.0 Å². The molecule has 6 aliphatic heterocycles. The van der Waals surface area contributed by atoms with Crippen molar-refractivity contribution in [3.63, 3.8) is 0 Å². The largest absolute Gasteiger partial charge is 1.00 e. The van der Waals surface area contributed by atoms with Crippen molar-refractivity contribution < 1.29 is 178 Å². The van der Waals surface area contributed by atoms with Gasteiger partial charge in [0.05, 0.1) is 52.2 Å². The van der Waals surface area contributed by atoms with E-state index in [2.05, 4.69) is 4.52 Å². The van der Waals surface area contributed by atoms with Crippen LogP contribution in [0.5, 0.6) is 0 Å². The number of aliphatic hydroxyl groups is 10. The Bertz CT molecular complexity index is 3090. The second-order valence-electron chi connectivity index (χ2n) is 22.2. The topological polar surface area (TPSA) is 476 Å². The van der Waals surface area contributed by atoms with Gasteiger partial charge in [-0.15, -0.1) is 0 Å². The van der Waals surface area contributed by atoms with E-state index in [4.69, 9.17) is 66.1 Å². The van der Waals surface area contributed by atoms with E-state index in [1.54, 1.807) is 70.2 Å². The van der Waals surface area contributed by atoms with Gasteiger partial charge in [0, 0.05) is 17.5 Å². The first-order chi connectivity index (χ1) is 41.9. The van der Waals surface area contributed by atoms with Crippen LogP contribution in [0.4, 0.5) is 0 Å². The maximum absolute atomic E-state index is 13.7. The van der Waals surface area contributed by atoms with Gasteiger partial charge in [0.2, 0.25) is 13.2 Å². The smallest absolute Gasteiger partial charge is 0.778 e. The Kier molecular flexibility index (Phi) is 29.5. The molecule has 31 nitrogen and oxygen atoms in total. The number of benzene rings is 3. The van der Waals surface area contributed by atoms with Crippen LogP contribution in [0.2, 0.25) is 0 Å². The molecule has 16 unspecified atom stereocenters. The van der Waals surface area contributed by atoms with Crippen LogP contribution < -0.4 is 45.1 Å². The first-order valence-electron chi connectivity index (χ1n) is 28.2. The predicted octanol–water partition coefficient (Wildman–Crippen LogP) is -1.44. The minimum absolute atomic E-state index is 0. The molecule has 11 N–H and O–H groups in total. The molecule has 91 heavy (non-hydrogen) atoms. The molecule has 6 saturated heterocycles. The van der Waals surface area contributed by atoms with Crippen molar-refractivity contribution >= 4 is 61.2 Å². The molecule has 0 aliphatic carbocycles. The summed E-state index contributed by atoms with van der Waals surface area (Å²) < 4.78 is 141. The number of esters is 1. The molecule has 6 fully saturated rings. The van der Waals surface area contributed by atoms with Crippen molar-refractivity contribution in [1.82, 2.24) is 0 Å². The van der Waals surface area contributed by atoms with Crippen molar-refractivity contribution in [2.24, 2.45) is 0 Å². The van der Waals surface area contributed by atoms with E-state index in [9.17, 15) is 77.9 Å². The van der Waals surface area contributed by atoms with E-state index in [0.29, 0.717) is 5.30 Å². The van der Waals surface area contributed by atoms with Gasteiger partial charge < -0.3 is 121 Å². The van der Waals surface area contributed by atoms with Gasteiger partial charge in [-0.3, -0.25) is 27.6 Å². The molecule has 0 radical (unpaired) electrons. The van der Waals surface area contributed by atoms with Crippen molar-refractivity contribution in [2.45, 2.75) is 163 Å². The zero-order valence-electron chi connectivity index (χ0n) is 51.0. The van der Waals surface area contributed by atoms with Gasteiger partial charge in [0.25, 0.3) is 22.1 Å². The summed E-state index contributed by atoms with van der Waals surface area (Å²) >= 11 is 0. The first kappa shape index (κ1) is 80.3. The standard InChI is InChI=1S/C18H28O9P2.C18H25O7P.C12H17O7P.C5H12O8P2.Na/c1-4-24-29(22,25-5-2)13-28(21)18(26-14(3)19)17(20)16(27-28)12-23-11-15-9-7-6-8-10-15;1-17(2)21-10-12(22-17)13-14-15(24-18(3,4)23-14)16(19)26(20,25-13)11-8-6-5-7-9-11;13-6-8(14)11-9(15)10(16)12(17)20(18,19-11)7-4-2-1-3-5-7;6-1-3-4(7)5(8)14(9,13-3)2-15(10,11)12;/h6-10,16-18,20H,4-5,11-13H2,1-3H3;5-9,12-16,19H,10H2,1-4H3;1-5,8-17H,6H2;3-8H,1-2H2,(H2,10,11,12);/q;;;;+1/p-1/t16-,17-,18-,28?;;;3-,4-,5?,14?;/m1..1./s1. The molecule has 0 spiro atoms. The molecule has 3 aromatic carbocycles. The number of carbonyl (C=O) groups is 1. The fourth-order valence-electron chi connectivity index (χ4n) is 10.2. The summed E-state index contributed by atoms with van der Waals surface area (Å²) in [7, 11) is -24.2. The molecule has 38 heteroatoms. The Morgan fingerprint density at radius 2 is 1.16 bits per heavy atom. The summed E-state index contributed by atoms with van der Waals surface area (Å²) in [5.74, 6) is -10.8. The van der Waals surface area contributed by atoms with Gasteiger partial charge in [-0.1, -0.05) is 66.7 Å². The van der Waals surface area contributed by atoms with E-state index >= 15 is 0 Å². The number of rotatable bonds is 19. The van der Waals surface area contributed by atoms with Crippen LogP contribution in [0.25, 0.3) is 0 Å². The zero-order valence-corrected chi connectivity index (χ0v) is 58.4. The van der Waals surface area contributed by atoms with Gasteiger partial charge in [0.15, 0.2) is 29.1 Å². The van der Waals surface area contributed by atoms with E-state index < -0.39 is 184 Å². The third-order valence-corrected chi connectivity index (χ3v) is 30.2. The average Bonchev–Trinajstić information content (AvgIpc) is 1.78. The number of hydrogen-bond donors (Lipinski definition) is 11. The minimum Gasteiger partial charge on any atom is -0.778 e. The fourth-order valence-corrected chi connectivity index (χ4v) is 25.3. The molecule has 0 amide bonds. The molecule has 0 bridgehead atoms. The molecular weight excluding hydrogens is 1340 g/mol. The van der Waals surface area contributed by atoms with Gasteiger partial charge in [-0.05, 0) is 71.4 Å². The van der Waals surface area contributed by atoms with Crippen LogP contribution in [-0.2, 0) is 94.4 Å². The molecule has 0 saturated carbocycles. The summed E-state index contributed by atoms with van der Waals surface area (Å²) in [4.78, 5) is 30.5. The third kappa shape index (κ3) is 20.1. The maximum atomic E-state index is 13.7. The summed E-state index contributed by atoms with van der Waals surface area (Å²) in [6.07, 6.45) is -14.3. The van der Waals surface area contributed by atoms with Crippen LogP contribution in [0.15, 0.2) is 91.0 Å². The van der Waals surface area contributed by atoms with Crippen LogP contribution in [0, 0.1) is 0 Å². The predicted molar refractivity (Wildman–Crippen MR) is 315 cm³/mol. The molecule has 21 atom stereocenters. The van der Waals surface area contributed by atoms with Gasteiger partial charge in [-0.2, -0.15) is 0 Å². The van der Waals surface area contributed by atoms with Crippen molar-refractivity contribution in [3.05, 3.63) is 96.6 Å².